The van der Waals surface area contributed by atoms with E-state index in [1.54, 1.807) is 7.11 Å². The Bertz CT molecular complexity index is 457. The second-order valence-electron chi connectivity index (χ2n) is 5.25. The summed E-state index contributed by atoms with van der Waals surface area (Å²) in [5, 5.41) is 3.07. The van der Waals surface area contributed by atoms with Crippen LogP contribution in [0.4, 0.5) is 5.69 Å². The molecule has 21 heavy (non-hydrogen) atoms. The zero-order chi connectivity index (χ0) is 15.1. The largest absolute Gasteiger partial charge is 0.495 e. The van der Waals surface area contributed by atoms with Crippen LogP contribution in [-0.2, 0) is 4.79 Å². The summed E-state index contributed by atoms with van der Waals surface area (Å²) < 4.78 is 5.41. The molecule has 1 aliphatic heterocycles. The third kappa shape index (κ3) is 4.11. The highest BCUT2D eigenvalue weighted by Gasteiger charge is 2.22. The normalized spacial score (nSPS) is 15.1. The molecule has 0 radical (unpaired) electrons. The topological polar surface area (TPSA) is 44.8 Å². The van der Waals surface area contributed by atoms with Gasteiger partial charge in [0.1, 0.15) is 5.75 Å². The Morgan fingerprint density at radius 2 is 1.95 bits per heavy atom. The Labute approximate surface area is 126 Å². The number of nitrogens with zero attached hydrogens (tertiary/aromatic N) is 2. The smallest absolute Gasteiger partial charge is 0.222 e. The van der Waals surface area contributed by atoms with Gasteiger partial charge in [0.05, 0.1) is 12.8 Å². The fraction of sp³-hybridized carbons (Fsp3) is 0.562. The van der Waals surface area contributed by atoms with Gasteiger partial charge in [-0.2, -0.15) is 0 Å². The van der Waals surface area contributed by atoms with Gasteiger partial charge in [-0.3, -0.25) is 4.79 Å². The molecule has 1 fully saturated rings. The molecule has 1 aromatic carbocycles. The first-order chi connectivity index (χ1) is 10.3. The molecule has 0 bridgehead atoms. The van der Waals surface area contributed by atoms with Crippen LogP contribution >= 0.6 is 0 Å². The van der Waals surface area contributed by atoms with Gasteiger partial charge in [0.15, 0.2) is 0 Å². The third-order valence-electron chi connectivity index (χ3n) is 3.88. The highest BCUT2D eigenvalue weighted by atomic mass is 16.5. The van der Waals surface area contributed by atoms with Crippen molar-refractivity contribution in [3.8, 4) is 5.75 Å². The summed E-state index contributed by atoms with van der Waals surface area (Å²) in [4.78, 5) is 16.4. The Morgan fingerprint density at radius 1 is 1.24 bits per heavy atom. The number of amides is 1. The van der Waals surface area contributed by atoms with Crippen molar-refractivity contribution in [1.29, 1.82) is 0 Å². The van der Waals surface area contributed by atoms with E-state index in [1.165, 1.54) is 0 Å². The minimum atomic E-state index is 0.268. The number of methoxy groups -OCH3 is 1. The summed E-state index contributed by atoms with van der Waals surface area (Å²) in [5.74, 6) is 1.16. The monoisotopic (exact) mass is 291 g/mol. The van der Waals surface area contributed by atoms with E-state index in [1.807, 2.05) is 30.1 Å². The van der Waals surface area contributed by atoms with E-state index in [4.69, 9.17) is 4.74 Å². The van der Waals surface area contributed by atoms with Crippen molar-refractivity contribution in [3.05, 3.63) is 24.3 Å². The number of nitrogens with one attached hydrogen (secondary N) is 1. The van der Waals surface area contributed by atoms with Gasteiger partial charge in [-0.1, -0.05) is 12.1 Å². The number of carbonyl (C=O) groups is 1. The summed E-state index contributed by atoms with van der Waals surface area (Å²) >= 11 is 0. The number of carbonyl (C=O) groups excluding carboxylic acids is 1. The Morgan fingerprint density at radius 3 is 2.62 bits per heavy atom. The second-order valence-corrected chi connectivity index (χ2v) is 5.25. The summed E-state index contributed by atoms with van der Waals surface area (Å²) in [6.45, 7) is 4.19. The molecule has 0 unspecified atom stereocenters. The molecule has 1 amide bonds. The third-order valence-corrected chi connectivity index (χ3v) is 3.88. The number of rotatable bonds is 6. The Hall–Kier alpha value is -1.75. The molecule has 5 heteroatoms. The fourth-order valence-corrected chi connectivity index (χ4v) is 2.66. The van der Waals surface area contributed by atoms with Crippen LogP contribution in [0.5, 0.6) is 5.75 Å². The molecule has 0 aromatic heterocycles. The lowest BCUT2D eigenvalue weighted by atomic mass is 10.2. The molecule has 1 aromatic rings. The lowest BCUT2D eigenvalue weighted by molar-refractivity contribution is -0.131. The summed E-state index contributed by atoms with van der Waals surface area (Å²) in [5.41, 5.74) is 1.11. The first kappa shape index (κ1) is 15.6. The van der Waals surface area contributed by atoms with Crippen LogP contribution in [0, 0.1) is 0 Å². The van der Waals surface area contributed by atoms with Gasteiger partial charge < -0.3 is 19.9 Å². The first-order valence-corrected chi connectivity index (χ1v) is 7.56. The van der Waals surface area contributed by atoms with E-state index in [0.717, 1.165) is 50.6 Å². The van der Waals surface area contributed by atoms with E-state index in [9.17, 15) is 4.79 Å². The molecular weight excluding hydrogens is 266 g/mol. The van der Waals surface area contributed by atoms with Gasteiger partial charge in [0.2, 0.25) is 5.91 Å². The van der Waals surface area contributed by atoms with Gasteiger partial charge in [0, 0.05) is 32.6 Å². The predicted molar refractivity (Wildman–Crippen MR) is 84.9 cm³/mol. The van der Waals surface area contributed by atoms with Crippen molar-refractivity contribution in [2.75, 3.05) is 51.8 Å². The number of para-hydroxylation sites is 2. The zero-order valence-corrected chi connectivity index (χ0v) is 13.0. The average molecular weight is 291 g/mol. The van der Waals surface area contributed by atoms with Crippen LogP contribution < -0.4 is 15.0 Å². The molecule has 116 valence electrons. The van der Waals surface area contributed by atoms with E-state index >= 15 is 0 Å². The number of ether oxygens (including phenoxy) is 1. The van der Waals surface area contributed by atoms with E-state index in [0.29, 0.717) is 6.42 Å². The van der Waals surface area contributed by atoms with Crippen LogP contribution in [-0.4, -0.2) is 57.7 Å². The molecule has 0 atom stereocenters. The van der Waals surface area contributed by atoms with Crippen LogP contribution in [0.3, 0.4) is 0 Å². The molecule has 0 spiro atoms. The lowest BCUT2D eigenvalue weighted by Crippen LogP contribution is -2.48. The zero-order valence-electron chi connectivity index (χ0n) is 13.0. The van der Waals surface area contributed by atoms with Crippen molar-refractivity contribution in [3.63, 3.8) is 0 Å². The molecule has 5 nitrogen and oxygen atoms in total. The first-order valence-electron chi connectivity index (χ1n) is 7.56. The maximum Gasteiger partial charge on any atom is 0.222 e. The molecule has 0 aliphatic carbocycles. The van der Waals surface area contributed by atoms with Crippen molar-refractivity contribution in [1.82, 2.24) is 10.2 Å². The highest BCUT2D eigenvalue weighted by molar-refractivity contribution is 5.76. The van der Waals surface area contributed by atoms with Crippen molar-refractivity contribution >= 4 is 11.6 Å². The lowest BCUT2D eigenvalue weighted by Gasteiger charge is -2.36. The molecule has 1 heterocycles. The van der Waals surface area contributed by atoms with Gasteiger partial charge in [-0.15, -0.1) is 0 Å². The van der Waals surface area contributed by atoms with Gasteiger partial charge in [0.25, 0.3) is 0 Å². The minimum absolute atomic E-state index is 0.268. The van der Waals surface area contributed by atoms with E-state index < -0.39 is 0 Å². The molecule has 1 saturated heterocycles. The Balaban J connectivity index is 1.87. The van der Waals surface area contributed by atoms with Crippen LogP contribution in [0.25, 0.3) is 0 Å². The van der Waals surface area contributed by atoms with Gasteiger partial charge >= 0.3 is 0 Å². The number of anilines is 1. The number of hydrogen-bond acceptors (Lipinski definition) is 4. The van der Waals surface area contributed by atoms with Gasteiger partial charge in [-0.05, 0) is 32.1 Å². The van der Waals surface area contributed by atoms with Crippen LogP contribution in [0.2, 0.25) is 0 Å². The van der Waals surface area contributed by atoms with Crippen LogP contribution in [0.1, 0.15) is 12.8 Å². The second kappa shape index (κ2) is 7.88. The fourth-order valence-electron chi connectivity index (χ4n) is 2.66. The standard InChI is InChI=1S/C16H25N3O2/c1-17-9-5-8-16(20)19-12-10-18(11-13-19)14-6-3-4-7-15(14)21-2/h3-4,6-7,17H,5,8-13H2,1-2H3. The summed E-state index contributed by atoms with van der Waals surface area (Å²) in [6, 6.07) is 8.05. The SMILES string of the molecule is CNCCCC(=O)N1CCN(c2ccccc2OC)CC1. The van der Waals surface area contributed by atoms with Gasteiger partial charge in [-0.25, -0.2) is 0 Å². The van der Waals surface area contributed by atoms with Crippen molar-refractivity contribution in [2.24, 2.45) is 0 Å². The number of piperazine rings is 1. The van der Waals surface area contributed by atoms with Crippen molar-refractivity contribution < 1.29 is 9.53 Å². The maximum absolute atomic E-state index is 12.1. The Kier molecular flexibility index (Phi) is 5.87. The highest BCUT2D eigenvalue weighted by Crippen LogP contribution is 2.28. The predicted octanol–water partition coefficient (Wildman–Crippen LogP) is 1.34. The van der Waals surface area contributed by atoms with Crippen molar-refractivity contribution in [2.45, 2.75) is 12.8 Å². The summed E-state index contributed by atoms with van der Waals surface area (Å²) in [6.07, 6.45) is 1.54. The maximum atomic E-state index is 12.1. The molecule has 1 N–H and O–H groups in total. The number of benzene rings is 1. The summed E-state index contributed by atoms with van der Waals surface area (Å²) in [7, 11) is 3.61. The number of hydrogen-bond donors (Lipinski definition) is 1. The molecular formula is C16H25N3O2. The quantitative estimate of drug-likeness (QED) is 0.804. The van der Waals surface area contributed by atoms with E-state index in [-0.39, 0.29) is 5.91 Å². The molecule has 0 saturated carbocycles. The molecule has 2 rings (SSSR count). The van der Waals surface area contributed by atoms with Crippen LogP contribution in [0.15, 0.2) is 24.3 Å². The minimum Gasteiger partial charge on any atom is -0.495 e. The average Bonchev–Trinajstić information content (AvgIpc) is 2.55. The van der Waals surface area contributed by atoms with E-state index in [2.05, 4.69) is 16.3 Å². The molecule has 1 aliphatic rings.